The van der Waals surface area contributed by atoms with E-state index in [1.54, 1.807) is 0 Å². The lowest BCUT2D eigenvalue weighted by atomic mass is 9.85. The fourth-order valence-corrected chi connectivity index (χ4v) is 8.58. The molecule has 0 saturated heterocycles. The first kappa shape index (κ1) is 59.2. The normalized spacial score (nSPS) is 22.2. The summed E-state index contributed by atoms with van der Waals surface area (Å²) in [6.45, 7) is 3.06. The summed E-state index contributed by atoms with van der Waals surface area (Å²) in [4.78, 5) is 54.2. The van der Waals surface area contributed by atoms with Crippen molar-refractivity contribution in [3.8, 4) is 0 Å². The van der Waals surface area contributed by atoms with Gasteiger partial charge in [-0.25, -0.2) is 9.13 Å². The smallest absolute Gasteiger partial charge is 0.462 e. The van der Waals surface area contributed by atoms with Crippen LogP contribution in [0.2, 0.25) is 0 Å². The van der Waals surface area contributed by atoms with E-state index in [9.17, 15) is 44.0 Å². The molecule has 1 fully saturated rings. The Morgan fingerprint density at radius 2 is 0.937 bits per heavy atom. The van der Waals surface area contributed by atoms with Gasteiger partial charge in [0.15, 0.2) is 6.10 Å². The molecule has 1 saturated carbocycles. The molecule has 0 heterocycles. The molecule has 5 unspecified atom stereocenters. The van der Waals surface area contributed by atoms with Gasteiger partial charge < -0.3 is 44.6 Å². The van der Waals surface area contributed by atoms with Gasteiger partial charge in [-0.2, -0.15) is 0 Å². The number of ether oxygens (including phenoxy) is 2. The first-order valence-electron chi connectivity index (χ1n) is 23.5. The molecule has 0 bridgehead atoms. The highest BCUT2D eigenvalue weighted by atomic mass is 31.2. The van der Waals surface area contributed by atoms with Crippen LogP contribution >= 0.6 is 15.6 Å². The largest absolute Gasteiger partial charge is 0.472 e. The van der Waals surface area contributed by atoms with Crippen molar-refractivity contribution in [3.63, 3.8) is 0 Å². The molecule has 18 heteroatoms. The first-order chi connectivity index (χ1) is 30.1. The van der Waals surface area contributed by atoms with Gasteiger partial charge in [0.25, 0.3) is 0 Å². The van der Waals surface area contributed by atoms with E-state index in [0.29, 0.717) is 19.3 Å². The average molecular weight is 941 g/mol. The molecule has 1 rings (SSSR count). The van der Waals surface area contributed by atoms with Crippen LogP contribution in [0.25, 0.3) is 0 Å². The van der Waals surface area contributed by atoms with Crippen molar-refractivity contribution in [2.24, 2.45) is 0 Å². The number of allylic oxidation sites excluding steroid dienone is 6. The van der Waals surface area contributed by atoms with Crippen molar-refractivity contribution in [1.82, 2.24) is 0 Å². The van der Waals surface area contributed by atoms with Crippen molar-refractivity contribution in [3.05, 3.63) is 36.5 Å². The second-order valence-corrected chi connectivity index (χ2v) is 19.1. The predicted octanol–water partition coefficient (Wildman–Crippen LogP) is 8.73. The van der Waals surface area contributed by atoms with E-state index < -0.39 is 83.5 Å². The van der Waals surface area contributed by atoms with Crippen LogP contribution in [0.15, 0.2) is 36.5 Å². The summed E-state index contributed by atoms with van der Waals surface area (Å²) in [5, 5.41) is 41.2. The number of carbonyl (C=O) groups is 2. The molecule has 7 N–H and O–H groups in total. The van der Waals surface area contributed by atoms with E-state index >= 15 is 0 Å². The molecule has 0 aromatic rings. The molecule has 1 aliphatic rings. The number of hydrogen-bond donors (Lipinski definition) is 7. The Balaban J connectivity index is 2.63. The number of unbranched alkanes of at least 4 members (excludes halogenated alkanes) is 19. The van der Waals surface area contributed by atoms with Gasteiger partial charge in [0.2, 0.25) is 0 Å². The maximum atomic E-state index is 13.0. The molecule has 8 atom stereocenters. The standard InChI is InChI=1S/C45H82O16P2/c1-3-5-7-9-11-13-15-17-18-19-20-22-23-25-27-29-31-33-38(46)57-35-37(59-39(47)34-32-30-28-26-24-21-16-14-12-10-8-6-4-2)36-58-63(55,56)61-45-42(50)40(48)41(49)44(43(45)51)60-62(52,53)54/h17-18,20,22,25,27,37,40-45,48-51H,3-16,19,21,23-24,26,28-36H2,1-2H3,(H,55,56)(H2,52,53,54)/t37-,40?,41?,42?,43?,44-,45+/m1/s1. The number of carbonyl (C=O) groups excluding carboxylic acids is 2. The summed E-state index contributed by atoms with van der Waals surface area (Å²) < 4.78 is 49.3. The number of phosphoric acid groups is 2. The lowest BCUT2D eigenvalue weighted by Gasteiger charge is -2.43. The molecule has 0 aromatic carbocycles. The SMILES string of the molecule is CCCCCCCCC=CCC=CCC=CCCCC(=O)OC[C@H](COP(=O)(O)O[C@H]1C(O)C(O)C(O)[C@@H](OP(=O)(O)O)C1O)OC(=O)CCCCCCCCCCCCCCC. The highest BCUT2D eigenvalue weighted by Crippen LogP contribution is 2.49. The van der Waals surface area contributed by atoms with Gasteiger partial charge in [-0.15, -0.1) is 0 Å². The quantitative estimate of drug-likeness (QED) is 0.0132. The van der Waals surface area contributed by atoms with Crippen molar-refractivity contribution in [1.29, 1.82) is 0 Å². The van der Waals surface area contributed by atoms with E-state index in [4.69, 9.17) is 28.3 Å². The molecular weight excluding hydrogens is 858 g/mol. The minimum atomic E-state index is -5.37. The molecule has 16 nitrogen and oxygen atoms in total. The van der Waals surface area contributed by atoms with Crippen LogP contribution in [0.1, 0.15) is 181 Å². The monoisotopic (exact) mass is 941 g/mol. The van der Waals surface area contributed by atoms with Crippen molar-refractivity contribution in [2.75, 3.05) is 13.2 Å². The summed E-state index contributed by atoms with van der Waals surface area (Å²) in [6.07, 6.45) is 24.0. The van der Waals surface area contributed by atoms with E-state index in [1.807, 2.05) is 12.2 Å². The Morgan fingerprint density at radius 3 is 1.44 bits per heavy atom. The highest BCUT2D eigenvalue weighted by Gasteiger charge is 2.54. The molecule has 0 radical (unpaired) electrons. The average Bonchev–Trinajstić information content (AvgIpc) is 3.23. The van der Waals surface area contributed by atoms with Gasteiger partial charge in [-0.05, 0) is 44.9 Å². The fraction of sp³-hybridized carbons (Fsp3) is 0.822. The number of phosphoric ester groups is 2. The van der Waals surface area contributed by atoms with Crippen molar-refractivity contribution in [2.45, 2.75) is 224 Å². The summed E-state index contributed by atoms with van der Waals surface area (Å²) in [5.74, 6) is -1.26. The molecule has 63 heavy (non-hydrogen) atoms. The fourth-order valence-electron chi connectivity index (χ4n) is 7.04. The Morgan fingerprint density at radius 1 is 0.508 bits per heavy atom. The first-order valence-corrected chi connectivity index (χ1v) is 26.6. The van der Waals surface area contributed by atoms with Gasteiger partial charge in [-0.1, -0.05) is 159 Å². The second-order valence-electron chi connectivity index (χ2n) is 16.5. The van der Waals surface area contributed by atoms with Crippen molar-refractivity contribution >= 4 is 27.6 Å². The van der Waals surface area contributed by atoms with Gasteiger partial charge in [0.05, 0.1) is 6.61 Å². The summed E-state index contributed by atoms with van der Waals surface area (Å²) >= 11 is 0. The Bertz CT molecular complexity index is 1370. The maximum Gasteiger partial charge on any atom is 0.472 e. The van der Waals surface area contributed by atoms with Crippen molar-refractivity contribution < 1.29 is 76.9 Å². The van der Waals surface area contributed by atoms with Crippen LogP contribution in [-0.4, -0.2) is 103 Å². The molecule has 0 spiro atoms. The molecule has 368 valence electrons. The maximum absolute atomic E-state index is 13.0. The lowest BCUT2D eigenvalue weighted by Crippen LogP contribution is -2.64. The minimum Gasteiger partial charge on any atom is -0.462 e. The van der Waals surface area contributed by atoms with Crippen LogP contribution in [0.5, 0.6) is 0 Å². The third-order valence-corrected chi connectivity index (χ3v) is 12.2. The number of aliphatic hydroxyl groups is 4. The zero-order valence-electron chi connectivity index (χ0n) is 38.0. The van der Waals surface area contributed by atoms with Gasteiger partial charge >= 0.3 is 27.6 Å². The second kappa shape index (κ2) is 36.4. The third-order valence-electron chi connectivity index (χ3n) is 10.7. The summed E-state index contributed by atoms with van der Waals surface area (Å²) in [5.41, 5.74) is 0. The predicted molar refractivity (Wildman–Crippen MR) is 241 cm³/mol. The van der Waals surface area contributed by atoms with Gasteiger partial charge in [-0.3, -0.25) is 23.2 Å². The van der Waals surface area contributed by atoms with Gasteiger partial charge in [0.1, 0.15) is 43.2 Å². The number of esters is 2. The molecular formula is C45H82O16P2. The lowest BCUT2D eigenvalue weighted by molar-refractivity contribution is -0.216. The molecule has 0 aliphatic heterocycles. The zero-order chi connectivity index (χ0) is 46.8. The number of rotatable bonds is 39. The Hall–Kier alpha value is -1.78. The van der Waals surface area contributed by atoms with E-state index in [1.165, 1.54) is 89.9 Å². The third kappa shape index (κ3) is 30.9. The summed E-state index contributed by atoms with van der Waals surface area (Å²) in [6, 6.07) is 0. The van der Waals surface area contributed by atoms with Gasteiger partial charge in [0, 0.05) is 12.8 Å². The minimum absolute atomic E-state index is 0.0363. The highest BCUT2D eigenvalue weighted by molar-refractivity contribution is 7.47. The molecule has 0 amide bonds. The van der Waals surface area contributed by atoms with E-state index in [0.717, 1.165) is 44.9 Å². The van der Waals surface area contributed by atoms with Crippen LogP contribution in [0, 0.1) is 0 Å². The van der Waals surface area contributed by atoms with E-state index in [2.05, 4.69) is 42.7 Å². The van der Waals surface area contributed by atoms with Crippen LogP contribution in [0.3, 0.4) is 0 Å². The molecule has 1 aliphatic carbocycles. The van der Waals surface area contributed by atoms with E-state index in [-0.39, 0.29) is 12.8 Å². The van der Waals surface area contributed by atoms with Crippen LogP contribution in [-0.2, 0) is 41.8 Å². The Kier molecular flexibility index (Phi) is 34.2. The zero-order valence-corrected chi connectivity index (χ0v) is 39.8. The summed E-state index contributed by atoms with van der Waals surface area (Å²) in [7, 11) is -10.7. The Labute approximate surface area is 376 Å². The van der Waals surface area contributed by atoms with Crippen LogP contribution in [0.4, 0.5) is 0 Å². The van der Waals surface area contributed by atoms with Crippen LogP contribution < -0.4 is 0 Å². The topological polar surface area (TPSA) is 256 Å². The number of hydrogen-bond acceptors (Lipinski definition) is 13. The molecule has 0 aromatic heterocycles. The number of aliphatic hydroxyl groups excluding tert-OH is 4.